The van der Waals surface area contributed by atoms with Crippen molar-refractivity contribution in [1.29, 1.82) is 0 Å². The number of hydrogen-bond donors (Lipinski definition) is 0. The van der Waals surface area contributed by atoms with E-state index in [1.165, 1.54) is 0 Å². The molecule has 0 spiro atoms. The second kappa shape index (κ2) is 6.31. The maximum Gasteiger partial charge on any atom is 0.281 e. The van der Waals surface area contributed by atoms with Crippen molar-refractivity contribution in [1.82, 2.24) is 4.41 Å². The van der Waals surface area contributed by atoms with Crippen LogP contribution in [0.4, 0.5) is 5.69 Å². The largest absolute Gasteiger partial charge is 0.281 e. The van der Waals surface area contributed by atoms with Crippen molar-refractivity contribution in [2.75, 3.05) is 0 Å². The third-order valence-electron chi connectivity index (χ3n) is 2.87. The maximum atomic E-state index is 12.3. The second-order valence-corrected chi connectivity index (χ2v) is 6.15. The Kier molecular flexibility index (Phi) is 4.47. The predicted octanol–water partition coefficient (Wildman–Crippen LogP) is 2.47. The number of hydrogen-bond acceptors (Lipinski definition) is 6. The summed E-state index contributed by atoms with van der Waals surface area (Å²) >= 11 is 0. The normalized spacial score (nSPS) is 10.9. The minimum atomic E-state index is -4.16. The van der Waals surface area contributed by atoms with Gasteiger partial charge in [0, 0.05) is 12.1 Å². The highest BCUT2D eigenvalue weighted by Gasteiger charge is 2.25. The van der Waals surface area contributed by atoms with E-state index < -0.39 is 14.9 Å². The van der Waals surface area contributed by atoms with Crippen molar-refractivity contribution in [3.63, 3.8) is 0 Å². The Hall–Kier alpha value is -2.81. The lowest BCUT2D eigenvalue weighted by Gasteiger charge is -2.15. The highest BCUT2D eigenvalue weighted by molar-refractivity contribution is 7.89. The maximum absolute atomic E-state index is 12.3. The molecule has 0 fully saturated rings. The van der Waals surface area contributed by atoms with Gasteiger partial charge in [-0.3, -0.25) is 10.1 Å². The van der Waals surface area contributed by atoms with E-state index in [1.807, 2.05) is 0 Å². The van der Waals surface area contributed by atoms with Gasteiger partial charge >= 0.3 is 0 Å². The summed E-state index contributed by atoms with van der Waals surface area (Å²) in [6, 6.07) is 12.7. The Morgan fingerprint density at radius 3 is 2.14 bits per heavy atom. The average molecular weight is 321 g/mol. The number of nitroso groups, excluding NO2 is 1. The van der Waals surface area contributed by atoms with Crippen molar-refractivity contribution in [3.05, 3.63) is 75.2 Å². The fourth-order valence-electron chi connectivity index (χ4n) is 1.76. The number of sulfonamides is 1. The molecular weight excluding hydrogens is 310 g/mol. The van der Waals surface area contributed by atoms with Crippen LogP contribution in [0.2, 0.25) is 0 Å². The lowest BCUT2D eigenvalue weighted by atomic mass is 10.2. The molecule has 0 saturated heterocycles. The first kappa shape index (κ1) is 15.6. The number of rotatable bonds is 6. The fraction of sp³-hybridized carbons (Fsp3) is 0.0769. The van der Waals surface area contributed by atoms with Gasteiger partial charge in [-0.1, -0.05) is 30.3 Å². The van der Waals surface area contributed by atoms with E-state index in [-0.39, 0.29) is 17.1 Å². The first-order valence-electron chi connectivity index (χ1n) is 6.09. The van der Waals surface area contributed by atoms with E-state index in [9.17, 15) is 23.4 Å². The lowest BCUT2D eigenvalue weighted by Crippen LogP contribution is -2.25. The van der Waals surface area contributed by atoms with Crippen LogP contribution in [0.1, 0.15) is 5.56 Å². The summed E-state index contributed by atoms with van der Waals surface area (Å²) < 4.78 is 25.0. The molecule has 22 heavy (non-hydrogen) atoms. The van der Waals surface area contributed by atoms with Gasteiger partial charge < -0.3 is 0 Å². The van der Waals surface area contributed by atoms with Gasteiger partial charge in [-0.05, 0) is 17.7 Å². The molecule has 2 aromatic rings. The van der Waals surface area contributed by atoms with Crippen LogP contribution in [-0.4, -0.2) is 17.8 Å². The molecule has 114 valence electrons. The summed E-state index contributed by atoms with van der Waals surface area (Å²) in [7, 11) is -4.16. The summed E-state index contributed by atoms with van der Waals surface area (Å²) in [6.45, 7) is -0.219. The Morgan fingerprint density at radius 1 is 1.05 bits per heavy atom. The molecule has 8 nitrogen and oxygen atoms in total. The van der Waals surface area contributed by atoms with Crippen molar-refractivity contribution in [2.45, 2.75) is 11.4 Å². The van der Waals surface area contributed by atoms with Gasteiger partial charge in [0.25, 0.3) is 15.7 Å². The van der Waals surface area contributed by atoms with Crippen LogP contribution in [0.3, 0.4) is 0 Å². The van der Waals surface area contributed by atoms with Gasteiger partial charge in [0.2, 0.25) is 0 Å². The van der Waals surface area contributed by atoms with E-state index in [4.69, 9.17) is 0 Å². The average Bonchev–Trinajstić information content (AvgIpc) is 2.53. The predicted molar refractivity (Wildman–Crippen MR) is 78.1 cm³/mol. The van der Waals surface area contributed by atoms with Gasteiger partial charge in [0.05, 0.1) is 21.6 Å². The Morgan fingerprint density at radius 2 is 1.64 bits per heavy atom. The summed E-state index contributed by atoms with van der Waals surface area (Å²) in [5.74, 6) is 0. The molecule has 2 rings (SSSR count). The zero-order valence-electron chi connectivity index (χ0n) is 11.2. The molecule has 0 aliphatic heterocycles. The van der Waals surface area contributed by atoms with Crippen LogP contribution >= 0.6 is 0 Å². The van der Waals surface area contributed by atoms with Crippen LogP contribution in [0.5, 0.6) is 0 Å². The molecule has 9 heteroatoms. The molecule has 2 aromatic carbocycles. The fourth-order valence-corrected chi connectivity index (χ4v) is 2.89. The molecule has 0 amide bonds. The van der Waals surface area contributed by atoms with Crippen molar-refractivity contribution < 1.29 is 13.3 Å². The summed E-state index contributed by atoms with van der Waals surface area (Å²) in [6.07, 6.45) is 0. The monoisotopic (exact) mass is 321 g/mol. The van der Waals surface area contributed by atoms with Gasteiger partial charge in [0.1, 0.15) is 0 Å². The molecule has 0 saturated carbocycles. The highest BCUT2D eigenvalue weighted by Crippen LogP contribution is 2.21. The standard InChI is InChI=1S/C13H11N3O5S/c17-14-15(10-11-4-2-1-3-5-11)22(20,21)13-8-6-12(7-9-13)16(18)19/h1-9H,10H2. The van der Waals surface area contributed by atoms with Crippen molar-refractivity contribution in [3.8, 4) is 0 Å². The summed E-state index contributed by atoms with van der Waals surface area (Å²) in [5, 5.41) is 13.1. The summed E-state index contributed by atoms with van der Waals surface area (Å²) in [4.78, 5) is 20.6. The minimum Gasteiger partial charge on any atom is -0.258 e. The molecular formula is C13H11N3O5S. The first-order chi connectivity index (χ1) is 10.4. The summed E-state index contributed by atoms with van der Waals surface area (Å²) in [5.41, 5.74) is 0.347. The quantitative estimate of drug-likeness (QED) is 0.461. The topological polar surface area (TPSA) is 110 Å². The van der Waals surface area contributed by atoms with Crippen LogP contribution < -0.4 is 0 Å². The third kappa shape index (κ3) is 3.26. The van der Waals surface area contributed by atoms with Gasteiger partial charge in [0.15, 0.2) is 0 Å². The van der Waals surface area contributed by atoms with Gasteiger partial charge in [-0.2, -0.15) is 8.42 Å². The molecule has 0 atom stereocenters. The SMILES string of the molecule is O=NN(Cc1ccccc1)S(=O)(=O)c1ccc([N+](=O)[O-])cc1. The molecule has 0 heterocycles. The number of non-ortho nitro benzene ring substituents is 1. The zero-order valence-corrected chi connectivity index (χ0v) is 12.0. The number of benzene rings is 2. The van der Waals surface area contributed by atoms with Crippen LogP contribution in [-0.2, 0) is 16.6 Å². The molecule has 0 radical (unpaired) electrons. The number of nitro benzene ring substituents is 1. The van der Waals surface area contributed by atoms with E-state index in [0.29, 0.717) is 9.98 Å². The smallest absolute Gasteiger partial charge is 0.258 e. The van der Waals surface area contributed by atoms with Crippen molar-refractivity contribution >= 4 is 15.7 Å². The minimum absolute atomic E-state index is 0.219. The first-order valence-corrected chi connectivity index (χ1v) is 7.53. The van der Waals surface area contributed by atoms with E-state index in [0.717, 1.165) is 24.3 Å². The number of nitrogens with zero attached hydrogens (tertiary/aromatic N) is 3. The van der Waals surface area contributed by atoms with E-state index >= 15 is 0 Å². The molecule has 0 aliphatic carbocycles. The Balaban J connectivity index is 2.30. The van der Waals surface area contributed by atoms with Crippen LogP contribution in [0.25, 0.3) is 0 Å². The van der Waals surface area contributed by atoms with Crippen molar-refractivity contribution in [2.24, 2.45) is 5.29 Å². The second-order valence-electron chi connectivity index (χ2n) is 4.30. The molecule has 0 bridgehead atoms. The van der Waals surface area contributed by atoms with Gasteiger partial charge in [-0.25, -0.2) is 0 Å². The van der Waals surface area contributed by atoms with Crippen LogP contribution in [0, 0.1) is 15.0 Å². The molecule has 0 N–H and O–H groups in total. The van der Waals surface area contributed by atoms with Gasteiger partial charge in [-0.15, -0.1) is 9.32 Å². The number of nitro groups is 1. The zero-order chi connectivity index (χ0) is 16.2. The van der Waals surface area contributed by atoms with E-state index in [2.05, 4.69) is 5.29 Å². The lowest BCUT2D eigenvalue weighted by molar-refractivity contribution is -0.384. The third-order valence-corrected chi connectivity index (χ3v) is 4.49. The van der Waals surface area contributed by atoms with Crippen LogP contribution in [0.15, 0.2) is 64.8 Å². The van der Waals surface area contributed by atoms with E-state index in [1.54, 1.807) is 30.3 Å². The highest BCUT2D eigenvalue weighted by atomic mass is 32.2. The molecule has 0 aliphatic rings. The molecule has 0 aromatic heterocycles. The Bertz CT molecular complexity index is 775. The Labute approximate surface area is 126 Å². The molecule has 0 unspecified atom stereocenters.